The molecule has 1 aromatic heterocycles. The van der Waals surface area contributed by atoms with Crippen LogP contribution in [-0.4, -0.2) is 35.0 Å². The average Bonchev–Trinajstić information content (AvgIpc) is 2.86. The van der Waals surface area contributed by atoms with Crippen LogP contribution < -0.4 is 5.32 Å². The highest BCUT2D eigenvalue weighted by molar-refractivity contribution is 5.97. The van der Waals surface area contributed by atoms with E-state index in [1.54, 1.807) is 25.1 Å². The van der Waals surface area contributed by atoms with Gasteiger partial charge in [0.15, 0.2) is 5.69 Å². The van der Waals surface area contributed by atoms with E-state index >= 15 is 0 Å². The molecule has 0 bridgehead atoms. The zero-order valence-corrected chi connectivity index (χ0v) is 11.9. The van der Waals surface area contributed by atoms with Gasteiger partial charge in [-0.2, -0.15) is 0 Å². The van der Waals surface area contributed by atoms with Crippen LogP contribution in [0.3, 0.4) is 0 Å². The van der Waals surface area contributed by atoms with E-state index in [1.807, 2.05) is 0 Å². The minimum absolute atomic E-state index is 0.143. The van der Waals surface area contributed by atoms with Crippen molar-refractivity contribution in [3.63, 3.8) is 0 Å². The highest BCUT2D eigenvalue weighted by Crippen LogP contribution is 2.21. The van der Waals surface area contributed by atoms with E-state index in [2.05, 4.69) is 10.5 Å². The van der Waals surface area contributed by atoms with E-state index in [0.29, 0.717) is 5.76 Å². The quantitative estimate of drug-likeness (QED) is 0.938. The first kappa shape index (κ1) is 14.2. The van der Waals surface area contributed by atoms with Crippen LogP contribution in [0.5, 0.6) is 0 Å². The van der Waals surface area contributed by atoms with E-state index in [-0.39, 0.29) is 42.2 Å². The number of anilines is 1. The first-order chi connectivity index (χ1) is 10.5. The lowest BCUT2D eigenvalue weighted by molar-refractivity contribution is -0.123. The van der Waals surface area contributed by atoms with Gasteiger partial charge in [0.1, 0.15) is 11.6 Å². The maximum Gasteiger partial charge on any atom is 0.276 e. The van der Waals surface area contributed by atoms with Gasteiger partial charge in [-0.25, -0.2) is 4.39 Å². The zero-order chi connectivity index (χ0) is 15.7. The minimum Gasteiger partial charge on any atom is -0.361 e. The molecule has 2 heterocycles. The first-order valence-corrected chi connectivity index (χ1v) is 6.82. The molecule has 2 amide bonds. The molecule has 1 aliphatic heterocycles. The summed E-state index contributed by atoms with van der Waals surface area (Å²) in [4.78, 5) is 25.5. The molecule has 1 fully saturated rings. The Balaban J connectivity index is 1.56. The van der Waals surface area contributed by atoms with Crippen molar-refractivity contribution >= 4 is 17.5 Å². The number of benzene rings is 1. The fourth-order valence-electron chi connectivity index (χ4n) is 2.24. The number of rotatable bonds is 3. The summed E-state index contributed by atoms with van der Waals surface area (Å²) in [5, 5.41) is 6.18. The molecular formula is C15H14FN3O3. The molecule has 1 N–H and O–H groups in total. The number of amides is 2. The standard InChI is InChI=1S/C15H14FN3O3/c1-9-6-13(18-22-9)15(21)19-7-10(8-19)14(20)17-12-5-3-2-4-11(12)16/h2-6,10H,7-8H2,1H3,(H,17,20). The molecule has 3 rings (SSSR count). The third-order valence-corrected chi connectivity index (χ3v) is 3.52. The van der Waals surface area contributed by atoms with Crippen molar-refractivity contribution in [2.45, 2.75) is 6.92 Å². The van der Waals surface area contributed by atoms with Crippen molar-refractivity contribution in [1.82, 2.24) is 10.1 Å². The third kappa shape index (κ3) is 2.69. The first-order valence-electron chi connectivity index (χ1n) is 6.82. The van der Waals surface area contributed by atoms with Crippen LogP contribution >= 0.6 is 0 Å². The topological polar surface area (TPSA) is 75.4 Å². The van der Waals surface area contributed by atoms with Gasteiger partial charge in [-0.3, -0.25) is 9.59 Å². The number of hydrogen-bond acceptors (Lipinski definition) is 4. The average molecular weight is 303 g/mol. The summed E-state index contributed by atoms with van der Waals surface area (Å²) in [5.74, 6) is -0.854. The number of carbonyl (C=O) groups excluding carboxylic acids is 2. The summed E-state index contributed by atoms with van der Waals surface area (Å²) in [5.41, 5.74) is 0.370. The highest BCUT2D eigenvalue weighted by Gasteiger charge is 2.37. The van der Waals surface area contributed by atoms with Gasteiger partial charge < -0.3 is 14.7 Å². The predicted molar refractivity (Wildman–Crippen MR) is 75.7 cm³/mol. The maximum absolute atomic E-state index is 13.5. The Morgan fingerprint density at radius 3 is 2.73 bits per heavy atom. The Morgan fingerprint density at radius 2 is 2.09 bits per heavy atom. The summed E-state index contributed by atoms with van der Waals surface area (Å²) in [6, 6.07) is 7.51. The molecule has 0 spiro atoms. The molecule has 0 saturated carbocycles. The fourth-order valence-corrected chi connectivity index (χ4v) is 2.24. The van der Waals surface area contributed by atoms with Crippen LogP contribution in [-0.2, 0) is 4.79 Å². The molecule has 1 aromatic carbocycles. The Kier molecular flexibility index (Phi) is 3.62. The number of nitrogens with zero attached hydrogens (tertiary/aromatic N) is 2. The normalized spacial score (nSPS) is 14.5. The number of likely N-dealkylation sites (tertiary alicyclic amines) is 1. The lowest BCUT2D eigenvalue weighted by Gasteiger charge is -2.37. The van der Waals surface area contributed by atoms with Gasteiger partial charge in [0.25, 0.3) is 5.91 Å². The van der Waals surface area contributed by atoms with Crippen LogP contribution in [0.4, 0.5) is 10.1 Å². The number of aromatic nitrogens is 1. The molecule has 6 nitrogen and oxygen atoms in total. The molecular weight excluding hydrogens is 289 g/mol. The van der Waals surface area contributed by atoms with Gasteiger partial charge in [-0.05, 0) is 19.1 Å². The van der Waals surface area contributed by atoms with Crippen LogP contribution in [0.25, 0.3) is 0 Å². The van der Waals surface area contributed by atoms with E-state index in [0.717, 1.165) is 0 Å². The molecule has 7 heteroatoms. The second kappa shape index (κ2) is 5.59. The number of aryl methyl sites for hydroxylation is 1. The largest absolute Gasteiger partial charge is 0.361 e. The second-order valence-corrected chi connectivity index (χ2v) is 5.20. The van der Waals surface area contributed by atoms with E-state index < -0.39 is 5.82 Å². The van der Waals surface area contributed by atoms with Gasteiger partial charge in [0.2, 0.25) is 5.91 Å². The summed E-state index contributed by atoms with van der Waals surface area (Å²) >= 11 is 0. The number of hydrogen-bond donors (Lipinski definition) is 1. The van der Waals surface area contributed by atoms with Crippen LogP contribution in [0.1, 0.15) is 16.2 Å². The molecule has 0 unspecified atom stereocenters. The lowest BCUT2D eigenvalue weighted by Crippen LogP contribution is -2.54. The van der Waals surface area contributed by atoms with E-state index in [4.69, 9.17) is 4.52 Å². The summed E-state index contributed by atoms with van der Waals surface area (Å²) in [6.45, 7) is 2.26. The van der Waals surface area contributed by atoms with E-state index in [1.165, 1.54) is 17.0 Å². The van der Waals surface area contributed by atoms with Crippen molar-refractivity contribution in [3.8, 4) is 0 Å². The number of carbonyl (C=O) groups is 2. The van der Waals surface area contributed by atoms with Gasteiger partial charge >= 0.3 is 0 Å². The van der Waals surface area contributed by atoms with Gasteiger partial charge in [-0.15, -0.1) is 0 Å². The number of para-hydroxylation sites is 1. The third-order valence-electron chi connectivity index (χ3n) is 3.52. The Bertz CT molecular complexity index is 722. The molecule has 0 aliphatic carbocycles. The fraction of sp³-hybridized carbons (Fsp3) is 0.267. The molecule has 0 atom stereocenters. The Morgan fingerprint density at radius 1 is 1.36 bits per heavy atom. The minimum atomic E-state index is -0.485. The second-order valence-electron chi connectivity index (χ2n) is 5.20. The van der Waals surface area contributed by atoms with Gasteiger partial charge in [0.05, 0.1) is 11.6 Å². The summed E-state index contributed by atoms with van der Waals surface area (Å²) in [7, 11) is 0. The SMILES string of the molecule is Cc1cc(C(=O)N2CC(C(=O)Nc3ccccc3F)C2)no1. The highest BCUT2D eigenvalue weighted by atomic mass is 19.1. The molecule has 114 valence electrons. The molecule has 1 saturated heterocycles. The summed E-state index contributed by atoms with van der Waals surface area (Å²) in [6.07, 6.45) is 0. The summed E-state index contributed by atoms with van der Waals surface area (Å²) < 4.78 is 18.3. The molecule has 22 heavy (non-hydrogen) atoms. The number of halogens is 1. The van der Waals surface area contributed by atoms with Crippen molar-refractivity contribution < 1.29 is 18.5 Å². The Labute approximate surface area is 125 Å². The predicted octanol–water partition coefficient (Wildman–Crippen LogP) is 1.83. The molecule has 2 aromatic rings. The van der Waals surface area contributed by atoms with Crippen molar-refractivity contribution in [2.75, 3.05) is 18.4 Å². The Hall–Kier alpha value is -2.70. The van der Waals surface area contributed by atoms with Crippen molar-refractivity contribution in [3.05, 3.63) is 47.6 Å². The zero-order valence-electron chi connectivity index (χ0n) is 11.9. The van der Waals surface area contributed by atoms with Gasteiger partial charge in [0, 0.05) is 19.2 Å². The van der Waals surface area contributed by atoms with Crippen LogP contribution in [0.2, 0.25) is 0 Å². The van der Waals surface area contributed by atoms with Crippen molar-refractivity contribution in [1.29, 1.82) is 0 Å². The van der Waals surface area contributed by atoms with E-state index in [9.17, 15) is 14.0 Å². The van der Waals surface area contributed by atoms with Crippen LogP contribution in [0.15, 0.2) is 34.9 Å². The van der Waals surface area contributed by atoms with Crippen LogP contribution in [0, 0.1) is 18.7 Å². The molecule has 1 aliphatic rings. The monoisotopic (exact) mass is 303 g/mol. The van der Waals surface area contributed by atoms with Gasteiger partial charge in [-0.1, -0.05) is 17.3 Å². The maximum atomic E-state index is 13.5. The number of nitrogens with one attached hydrogen (secondary N) is 1. The molecule has 0 radical (unpaired) electrons. The smallest absolute Gasteiger partial charge is 0.276 e. The lowest BCUT2D eigenvalue weighted by atomic mass is 9.98. The van der Waals surface area contributed by atoms with Crippen molar-refractivity contribution in [2.24, 2.45) is 5.92 Å².